The summed E-state index contributed by atoms with van der Waals surface area (Å²) in [7, 11) is 0. The minimum Gasteiger partial charge on any atom is -0.435 e. The van der Waals surface area contributed by atoms with Crippen LogP contribution in [0.25, 0.3) is 35.0 Å². The predicted octanol–water partition coefficient (Wildman–Crippen LogP) is 4.06. The molecule has 0 radical (unpaired) electrons. The Morgan fingerprint density at radius 2 is 1.96 bits per heavy atom. The van der Waals surface area contributed by atoms with Gasteiger partial charge in [0.2, 0.25) is 5.89 Å². The van der Waals surface area contributed by atoms with Crippen molar-refractivity contribution in [3.05, 3.63) is 60.6 Å². The third-order valence-electron chi connectivity index (χ3n) is 3.26. The molecule has 3 aromatic rings. The highest BCUT2D eigenvalue weighted by molar-refractivity contribution is 5.70. The van der Waals surface area contributed by atoms with Crippen molar-refractivity contribution in [1.82, 2.24) is 15.0 Å². The fraction of sp³-hybridized carbons (Fsp3) is 0.0556. The van der Waals surface area contributed by atoms with Crippen molar-refractivity contribution in [2.75, 3.05) is 5.73 Å². The van der Waals surface area contributed by atoms with Crippen LogP contribution in [0.1, 0.15) is 18.4 Å². The van der Waals surface area contributed by atoms with Gasteiger partial charge in [0, 0.05) is 5.56 Å². The maximum Gasteiger partial charge on any atom is 0.250 e. The third-order valence-corrected chi connectivity index (χ3v) is 3.26. The van der Waals surface area contributed by atoms with Crippen LogP contribution in [0.5, 0.6) is 0 Å². The van der Waals surface area contributed by atoms with Crippen LogP contribution < -0.4 is 5.73 Å². The fourth-order valence-corrected chi connectivity index (χ4v) is 2.17. The Labute approximate surface area is 134 Å². The van der Waals surface area contributed by atoms with Gasteiger partial charge in [-0.25, -0.2) is 15.0 Å². The molecule has 1 aromatic carbocycles. The first-order chi connectivity index (χ1) is 11.2. The molecular formula is C18H16N4O. The molecule has 0 spiro atoms. The number of benzene rings is 1. The van der Waals surface area contributed by atoms with Crippen molar-refractivity contribution in [1.29, 1.82) is 0 Å². The second-order valence-electron chi connectivity index (χ2n) is 4.83. The number of aromatic nitrogens is 3. The summed E-state index contributed by atoms with van der Waals surface area (Å²) >= 11 is 0. The first-order valence-electron chi connectivity index (χ1n) is 7.17. The molecule has 0 aliphatic heterocycles. The molecule has 3 rings (SSSR count). The van der Waals surface area contributed by atoms with E-state index in [-0.39, 0.29) is 5.82 Å². The molecule has 5 heteroatoms. The second-order valence-corrected chi connectivity index (χ2v) is 4.83. The summed E-state index contributed by atoms with van der Waals surface area (Å²) in [5.74, 6) is 1.17. The van der Waals surface area contributed by atoms with Crippen LogP contribution in [0.4, 0.5) is 5.82 Å². The topological polar surface area (TPSA) is 77.8 Å². The van der Waals surface area contributed by atoms with Crippen LogP contribution in [-0.2, 0) is 0 Å². The number of rotatable bonds is 4. The van der Waals surface area contributed by atoms with E-state index >= 15 is 0 Å². The Morgan fingerprint density at radius 1 is 1.17 bits per heavy atom. The van der Waals surface area contributed by atoms with Crippen molar-refractivity contribution in [2.24, 2.45) is 0 Å². The first kappa shape index (κ1) is 14.7. The molecular weight excluding hydrogens is 288 g/mol. The molecule has 2 N–H and O–H groups in total. The lowest BCUT2D eigenvalue weighted by molar-refractivity contribution is 0.562. The van der Waals surface area contributed by atoms with Crippen LogP contribution in [0, 0.1) is 0 Å². The Morgan fingerprint density at radius 3 is 2.65 bits per heavy atom. The molecule has 2 heterocycles. The molecule has 0 saturated heterocycles. The molecule has 0 bridgehead atoms. The number of nitrogens with zero attached hydrogens (tertiary/aromatic N) is 3. The Hall–Kier alpha value is -3.21. The van der Waals surface area contributed by atoms with Crippen LogP contribution in [-0.4, -0.2) is 15.0 Å². The van der Waals surface area contributed by atoms with Crippen molar-refractivity contribution in [2.45, 2.75) is 6.92 Å². The van der Waals surface area contributed by atoms with E-state index in [0.29, 0.717) is 28.7 Å². The largest absolute Gasteiger partial charge is 0.435 e. The van der Waals surface area contributed by atoms with Gasteiger partial charge in [0.1, 0.15) is 5.69 Å². The van der Waals surface area contributed by atoms with Gasteiger partial charge in [-0.1, -0.05) is 43.0 Å². The number of hydrogen-bond donors (Lipinski definition) is 1. The Kier molecular flexibility index (Phi) is 4.01. The second kappa shape index (κ2) is 6.27. The normalized spacial score (nSPS) is 11.0. The van der Waals surface area contributed by atoms with Gasteiger partial charge in [-0.2, -0.15) is 0 Å². The predicted molar refractivity (Wildman–Crippen MR) is 92.2 cm³/mol. The highest BCUT2D eigenvalue weighted by atomic mass is 16.4. The summed E-state index contributed by atoms with van der Waals surface area (Å²) < 4.78 is 5.71. The minimum atomic E-state index is 0.272. The molecule has 5 nitrogen and oxygen atoms in total. The smallest absolute Gasteiger partial charge is 0.250 e. The zero-order chi connectivity index (χ0) is 16.2. The van der Waals surface area contributed by atoms with Gasteiger partial charge < -0.3 is 10.2 Å². The number of nitrogens with two attached hydrogens (primary N) is 1. The summed E-state index contributed by atoms with van der Waals surface area (Å²) in [6.45, 7) is 5.64. The van der Waals surface area contributed by atoms with Gasteiger partial charge in [-0.15, -0.1) is 0 Å². The fourth-order valence-electron chi connectivity index (χ4n) is 2.17. The van der Waals surface area contributed by atoms with Crippen molar-refractivity contribution in [3.8, 4) is 22.8 Å². The van der Waals surface area contributed by atoms with E-state index in [1.165, 1.54) is 0 Å². The van der Waals surface area contributed by atoms with E-state index in [1.807, 2.05) is 49.4 Å². The van der Waals surface area contributed by atoms with Gasteiger partial charge in [0.25, 0.3) is 0 Å². The average molecular weight is 304 g/mol. The van der Waals surface area contributed by atoms with Crippen molar-refractivity contribution >= 4 is 18.0 Å². The molecule has 0 fully saturated rings. The average Bonchev–Trinajstić information content (AvgIpc) is 2.99. The molecule has 0 aliphatic rings. The lowest BCUT2D eigenvalue weighted by Crippen LogP contribution is -1.99. The maximum atomic E-state index is 5.96. The third kappa shape index (κ3) is 2.89. The van der Waals surface area contributed by atoms with E-state index in [4.69, 9.17) is 10.2 Å². The van der Waals surface area contributed by atoms with Gasteiger partial charge in [-0.05, 0) is 19.1 Å². The highest BCUT2D eigenvalue weighted by Gasteiger charge is 2.16. The summed E-state index contributed by atoms with van der Waals surface area (Å²) in [6, 6.07) is 9.75. The lowest BCUT2D eigenvalue weighted by atomic mass is 10.1. The number of anilines is 1. The highest BCUT2D eigenvalue weighted by Crippen LogP contribution is 2.28. The summed E-state index contributed by atoms with van der Waals surface area (Å²) in [5, 5.41) is 0. The first-order valence-corrected chi connectivity index (χ1v) is 7.17. The molecule has 0 unspecified atom stereocenters. The Bertz CT molecular complexity index is 866. The molecule has 0 aliphatic carbocycles. The zero-order valence-electron chi connectivity index (χ0n) is 12.7. The molecule has 0 saturated carbocycles. The molecule has 2 aromatic heterocycles. The van der Waals surface area contributed by atoms with E-state index in [2.05, 4.69) is 21.5 Å². The van der Waals surface area contributed by atoms with E-state index < -0.39 is 0 Å². The van der Waals surface area contributed by atoms with Gasteiger partial charge in [0.15, 0.2) is 17.3 Å². The summed E-state index contributed by atoms with van der Waals surface area (Å²) in [5.41, 5.74) is 8.72. The monoisotopic (exact) mass is 304 g/mol. The number of hydrogen-bond acceptors (Lipinski definition) is 5. The van der Waals surface area contributed by atoms with Crippen LogP contribution in [0.3, 0.4) is 0 Å². The summed E-state index contributed by atoms with van der Waals surface area (Å²) in [6.07, 6.45) is 6.97. The number of allylic oxidation sites excluding steroid dienone is 1. The molecule has 23 heavy (non-hydrogen) atoms. The number of nitrogen functional groups attached to an aromatic ring is 1. The molecule has 0 atom stereocenters. The lowest BCUT2D eigenvalue weighted by Gasteiger charge is -2.04. The van der Waals surface area contributed by atoms with Crippen LogP contribution in [0.2, 0.25) is 0 Å². The van der Waals surface area contributed by atoms with Crippen molar-refractivity contribution in [3.63, 3.8) is 0 Å². The molecule has 114 valence electrons. The van der Waals surface area contributed by atoms with Crippen molar-refractivity contribution < 1.29 is 4.42 Å². The quantitative estimate of drug-likeness (QED) is 0.786. The van der Waals surface area contributed by atoms with Crippen LogP contribution in [0.15, 0.2) is 53.6 Å². The molecule has 0 amide bonds. The van der Waals surface area contributed by atoms with Crippen LogP contribution >= 0.6 is 0 Å². The SMILES string of the molecule is C=Cc1oc(-c2nc(-c3ccccc3)cnc2N)nc1/C=C\C. The van der Waals surface area contributed by atoms with Gasteiger partial charge in [0.05, 0.1) is 11.9 Å². The van der Waals surface area contributed by atoms with E-state index in [9.17, 15) is 0 Å². The standard InChI is InChI=1S/C18H16N4O/c1-3-8-13-15(4-2)23-18(22-13)16-17(19)20-11-14(21-16)12-9-6-5-7-10-12/h3-11H,2H2,1H3,(H2,19,20)/b8-3-. The maximum absolute atomic E-state index is 5.96. The zero-order valence-corrected chi connectivity index (χ0v) is 12.7. The summed E-state index contributed by atoms with van der Waals surface area (Å²) in [4.78, 5) is 13.2. The Balaban J connectivity index is 2.11. The van der Waals surface area contributed by atoms with E-state index in [1.54, 1.807) is 12.3 Å². The van der Waals surface area contributed by atoms with Gasteiger partial charge in [-0.3, -0.25) is 0 Å². The van der Waals surface area contributed by atoms with Gasteiger partial charge >= 0.3 is 0 Å². The minimum absolute atomic E-state index is 0.272. The van der Waals surface area contributed by atoms with E-state index in [0.717, 1.165) is 5.56 Å². The number of oxazole rings is 1.